The third-order valence-electron chi connectivity index (χ3n) is 10.8. The van der Waals surface area contributed by atoms with E-state index in [9.17, 15) is 9.90 Å². The number of methoxy groups -OCH3 is 1. The molecule has 4 aromatic rings. The predicted molar refractivity (Wildman–Crippen MR) is 190 cm³/mol. The van der Waals surface area contributed by atoms with Crippen LogP contribution in [0.4, 0.5) is 5.69 Å². The van der Waals surface area contributed by atoms with Crippen LogP contribution in [0.1, 0.15) is 85.2 Å². The maximum atomic E-state index is 11.8. The molecule has 254 valence electrons. The Balaban J connectivity index is 1.16. The number of piperidine rings is 1. The van der Waals surface area contributed by atoms with E-state index in [0.29, 0.717) is 18.1 Å². The van der Waals surface area contributed by atoms with Gasteiger partial charge in [-0.2, -0.15) is 0 Å². The molecule has 1 aromatic heterocycles. The van der Waals surface area contributed by atoms with Gasteiger partial charge in [-0.3, -0.25) is 0 Å². The Morgan fingerprint density at radius 1 is 0.854 bits per heavy atom. The van der Waals surface area contributed by atoms with Crippen molar-refractivity contribution in [1.29, 1.82) is 0 Å². The lowest BCUT2D eigenvalue weighted by atomic mass is 9.82. The van der Waals surface area contributed by atoms with E-state index in [-0.39, 0.29) is 12.3 Å². The summed E-state index contributed by atoms with van der Waals surface area (Å²) in [6.45, 7) is 3.47. The fraction of sp³-hybridized carbons (Fsp3) is 0.475. The highest BCUT2D eigenvalue weighted by Gasteiger charge is 2.28. The molecule has 7 rings (SSSR count). The van der Waals surface area contributed by atoms with Crippen LogP contribution in [-0.4, -0.2) is 66.7 Å². The van der Waals surface area contributed by atoms with E-state index in [0.717, 1.165) is 97.4 Å². The first-order chi connectivity index (χ1) is 23.4. The van der Waals surface area contributed by atoms with Crippen LogP contribution in [-0.2, 0) is 18.4 Å². The predicted octanol–water partition coefficient (Wildman–Crippen LogP) is 8.22. The number of likely N-dealkylation sites (tertiary alicyclic amines) is 1. The van der Waals surface area contributed by atoms with Gasteiger partial charge in [0.2, 0.25) is 0 Å². The number of hydrogen-bond donors (Lipinski definition) is 1. The zero-order valence-corrected chi connectivity index (χ0v) is 28.6. The first-order valence-corrected chi connectivity index (χ1v) is 17.8. The molecule has 48 heavy (non-hydrogen) atoms. The second-order valence-corrected chi connectivity index (χ2v) is 13.9. The molecular formula is C40H49N3O5. The van der Waals surface area contributed by atoms with Crippen molar-refractivity contribution >= 4 is 22.6 Å². The lowest BCUT2D eigenvalue weighted by molar-refractivity contribution is 0.0697. The normalized spacial score (nSPS) is 19.6. The van der Waals surface area contributed by atoms with E-state index in [1.54, 1.807) is 13.2 Å². The maximum absolute atomic E-state index is 11.8. The minimum absolute atomic E-state index is 0.0929. The van der Waals surface area contributed by atoms with Crippen molar-refractivity contribution in [2.24, 2.45) is 7.05 Å². The average molecular weight is 652 g/mol. The SMILES string of the molecule is COC1CCCN1c1ccc(OC2CCN(C)CC2)c(COc2ccc(-c3c(C4CCCCC4)c4ccc(C(=O)O)cc4n3C)cc2)c1. The first-order valence-electron chi connectivity index (χ1n) is 17.8. The Morgan fingerprint density at radius 3 is 2.35 bits per heavy atom. The van der Waals surface area contributed by atoms with Crippen LogP contribution in [0.2, 0.25) is 0 Å². The zero-order chi connectivity index (χ0) is 33.2. The van der Waals surface area contributed by atoms with Gasteiger partial charge in [0.25, 0.3) is 0 Å². The molecule has 0 bridgehead atoms. The molecule has 1 aliphatic carbocycles. The second-order valence-electron chi connectivity index (χ2n) is 13.9. The number of ether oxygens (including phenoxy) is 3. The number of hydrogen-bond acceptors (Lipinski definition) is 6. The highest BCUT2D eigenvalue weighted by molar-refractivity contribution is 5.98. The minimum atomic E-state index is -0.898. The Bertz CT molecular complexity index is 1730. The summed E-state index contributed by atoms with van der Waals surface area (Å²) >= 11 is 0. The summed E-state index contributed by atoms with van der Waals surface area (Å²) in [5.41, 5.74) is 7.11. The molecule has 8 heteroatoms. The molecule has 3 aromatic carbocycles. The summed E-state index contributed by atoms with van der Waals surface area (Å²) in [5, 5.41) is 10.9. The summed E-state index contributed by atoms with van der Waals surface area (Å²) in [7, 11) is 6.02. The minimum Gasteiger partial charge on any atom is -0.490 e. The van der Waals surface area contributed by atoms with Crippen LogP contribution < -0.4 is 14.4 Å². The van der Waals surface area contributed by atoms with E-state index >= 15 is 0 Å². The number of carbonyl (C=O) groups is 1. The van der Waals surface area contributed by atoms with Gasteiger partial charge < -0.3 is 33.7 Å². The standard InChI is InChI=1S/C40H49N3O5/c1-41-22-19-33(20-23-41)48-36-18-14-31(43-21-7-10-37(43)46-3)24-30(36)26-47-32-15-11-28(12-16-32)39-38(27-8-5-4-6-9-27)34-17-13-29(40(44)45)25-35(34)42(39)2/h11-18,24-25,27,33,37H,4-10,19-23,26H2,1-3H3,(H,44,45). The number of carboxylic acid groups (broad SMARTS) is 1. The van der Waals surface area contributed by atoms with E-state index in [4.69, 9.17) is 14.2 Å². The lowest BCUT2D eigenvalue weighted by Crippen LogP contribution is -2.35. The Morgan fingerprint density at radius 2 is 1.62 bits per heavy atom. The number of benzene rings is 3. The highest BCUT2D eigenvalue weighted by Crippen LogP contribution is 2.44. The maximum Gasteiger partial charge on any atom is 0.335 e. The molecule has 3 heterocycles. The van der Waals surface area contributed by atoms with Crippen LogP contribution in [0.3, 0.4) is 0 Å². The van der Waals surface area contributed by atoms with Gasteiger partial charge in [0.05, 0.1) is 11.3 Å². The van der Waals surface area contributed by atoms with Gasteiger partial charge in [-0.25, -0.2) is 4.79 Å². The highest BCUT2D eigenvalue weighted by atomic mass is 16.5. The van der Waals surface area contributed by atoms with Crippen LogP contribution in [0.15, 0.2) is 60.7 Å². The zero-order valence-electron chi connectivity index (χ0n) is 28.6. The smallest absolute Gasteiger partial charge is 0.335 e. The third kappa shape index (κ3) is 6.65. The molecule has 8 nitrogen and oxygen atoms in total. The monoisotopic (exact) mass is 651 g/mol. The van der Waals surface area contributed by atoms with Crippen LogP contribution in [0, 0.1) is 0 Å². The molecule has 0 spiro atoms. The molecule has 1 N–H and O–H groups in total. The average Bonchev–Trinajstić information content (AvgIpc) is 3.71. The van der Waals surface area contributed by atoms with Crippen molar-refractivity contribution < 1.29 is 24.1 Å². The van der Waals surface area contributed by atoms with Crippen molar-refractivity contribution in [2.75, 3.05) is 38.7 Å². The lowest BCUT2D eigenvalue weighted by Gasteiger charge is -2.31. The van der Waals surface area contributed by atoms with Gasteiger partial charge in [-0.1, -0.05) is 25.3 Å². The summed E-state index contributed by atoms with van der Waals surface area (Å²) in [5.74, 6) is 1.26. The number of aromatic carboxylic acids is 1. The van der Waals surface area contributed by atoms with E-state index < -0.39 is 5.97 Å². The van der Waals surface area contributed by atoms with Gasteiger partial charge in [0.15, 0.2) is 0 Å². The molecule has 3 aliphatic rings. The Kier molecular flexibility index (Phi) is 9.64. The summed E-state index contributed by atoms with van der Waals surface area (Å²) in [4.78, 5) is 16.5. The van der Waals surface area contributed by atoms with Crippen LogP contribution >= 0.6 is 0 Å². The summed E-state index contributed by atoms with van der Waals surface area (Å²) < 4.78 is 21.0. The first kappa shape index (κ1) is 32.5. The number of aromatic nitrogens is 1. The molecule has 2 aliphatic heterocycles. The second kappa shape index (κ2) is 14.2. The van der Waals surface area contributed by atoms with Gasteiger partial charge in [0.1, 0.15) is 30.4 Å². The topological polar surface area (TPSA) is 76.4 Å². The molecular weight excluding hydrogens is 602 g/mol. The number of nitrogens with zero attached hydrogens (tertiary/aromatic N) is 3. The van der Waals surface area contributed by atoms with Crippen molar-refractivity contribution in [3.8, 4) is 22.8 Å². The van der Waals surface area contributed by atoms with E-state index in [2.05, 4.69) is 70.9 Å². The molecule has 0 radical (unpaired) electrons. The molecule has 2 saturated heterocycles. The van der Waals surface area contributed by atoms with Crippen molar-refractivity contribution in [3.05, 3.63) is 77.4 Å². The molecule has 0 amide bonds. The quantitative estimate of drug-likeness (QED) is 0.185. The number of carboxylic acids is 1. The fourth-order valence-electron chi connectivity index (χ4n) is 8.15. The summed E-state index contributed by atoms with van der Waals surface area (Å²) in [6.07, 6.45) is 10.6. The van der Waals surface area contributed by atoms with Gasteiger partial charge >= 0.3 is 5.97 Å². The largest absolute Gasteiger partial charge is 0.490 e. The van der Waals surface area contributed by atoms with E-state index in [1.807, 2.05) is 12.1 Å². The fourth-order valence-corrected chi connectivity index (χ4v) is 8.15. The number of anilines is 1. The Labute approximate surface area is 284 Å². The molecule has 1 atom stereocenters. The van der Waals surface area contributed by atoms with Gasteiger partial charge in [-0.05, 0) is 117 Å². The number of rotatable bonds is 10. The third-order valence-corrected chi connectivity index (χ3v) is 10.8. The molecule has 3 fully saturated rings. The van der Waals surface area contributed by atoms with E-state index in [1.165, 1.54) is 30.5 Å². The Hall–Kier alpha value is -4.01. The van der Waals surface area contributed by atoms with Crippen LogP contribution in [0.25, 0.3) is 22.2 Å². The van der Waals surface area contributed by atoms with Crippen molar-refractivity contribution in [2.45, 2.75) is 82.6 Å². The van der Waals surface area contributed by atoms with Crippen molar-refractivity contribution in [3.63, 3.8) is 0 Å². The van der Waals surface area contributed by atoms with Crippen LogP contribution in [0.5, 0.6) is 11.5 Å². The van der Waals surface area contributed by atoms with Gasteiger partial charge in [-0.15, -0.1) is 0 Å². The summed E-state index contributed by atoms with van der Waals surface area (Å²) in [6, 6.07) is 20.5. The van der Waals surface area contributed by atoms with Gasteiger partial charge in [0, 0.05) is 55.9 Å². The van der Waals surface area contributed by atoms with Crippen molar-refractivity contribution in [1.82, 2.24) is 9.47 Å². The molecule has 1 unspecified atom stereocenters. The number of fused-ring (bicyclic) bond motifs is 1. The molecule has 1 saturated carbocycles. The number of aryl methyl sites for hydroxylation is 1.